The number of methoxy groups -OCH3 is 1. The number of fused-ring (bicyclic) bond motifs is 1. The molecule has 0 spiro atoms. The number of esters is 1. The highest BCUT2D eigenvalue weighted by atomic mass is 19.1. The Morgan fingerprint density at radius 1 is 1.08 bits per heavy atom. The fraction of sp³-hybridized carbons (Fsp3) is 0.111. The van der Waals surface area contributed by atoms with Gasteiger partial charge in [0.2, 0.25) is 11.8 Å². The molecule has 0 aliphatic carbocycles. The maximum absolute atomic E-state index is 13.2. The molecule has 2 aromatic carbocycles. The van der Waals surface area contributed by atoms with Crippen LogP contribution in [0.25, 0.3) is 33.7 Å². The van der Waals surface area contributed by atoms with Gasteiger partial charge in [0.15, 0.2) is 11.4 Å². The first-order chi connectivity index (χ1) is 18.3. The lowest BCUT2D eigenvalue weighted by Gasteiger charge is -2.13. The topological polar surface area (TPSA) is 140 Å². The highest BCUT2D eigenvalue weighted by Crippen LogP contribution is 2.38. The van der Waals surface area contributed by atoms with E-state index in [0.29, 0.717) is 22.3 Å². The van der Waals surface area contributed by atoms with Gasteiger partial charge in [0.25, 0.3) is 5.89 Å². The van der Waals surface area contributed by atoms with Crippen LogP contribution in [0.2, 0.25) is 0 Å². The summed E-state index contributed by atoms with van der Waals surface area (Å²) in [6.45, 7) is 1.35. The minimum Gasteiger partial charge on any atom is -0.504 e. The molecular weight excluding hydrogens is 493 g/mol. The Morgan fingerprint density at radius 2 is 1.87 bits per heavy atom. The Hall–Kier alpha value is -5.19. The zero-order valence-corrected chi connectivity index (χ0v) is 20.2. The van der Waals surface area contributed by atoms with Crippen molar-refractivity contribution in [3.63, 3.8) is 0 Å². The highest BCUT2D eigenvalue weighted by Gasteiger charge is 2.22. The number of aromatic nitrogens is 4. The standard InChI is InChI=1S/C27H20FN5O5/c1-14(34)30-19-12-16(11-17(13-19)27(36)37-2)22-20-4-3-9-29-23(20)25(35)24(31-22)26-33-32-21(38-26)10-15-5-7-18(28)8-6-15/h3-9,11-13,35H,10H2,1-2H3,(H,30,34). The fourth-order valence-electron chi connectivity index (χ4n) is 3.96. The highest BCUT2D eigenvalue weighted by molar-refractivity contribution is 6.01. The molecule has 5 aromatic rings. The van der Waals surface area contributed by atoms with Crippen LogP contribution in [0.4, 0.5) is 10.1 Å². The van der Waals surface area contributed by atoms with Crippen LogP contribution in [0.3, 0.4) is 0 Å². The lowest BCUT2D eigenvalue weighted by atomic mass is 10.0. The third kappa shape index (κ3) is 4.89. The van der Waals surface area contributed by atoms with Gasteiger partial charge < -0.3 is 19.6 Å². The number of hydrogen-bond donors (Lipinski definition) is 2. The third-order valence-electron chi connectivity index (χ3n) is 5.62. The number of carbonyl (C=O) groups is 2. The molecule has 2 N–H and O–H groups in total. The summed E-state index contributed by atoms with van der Waals surface area (Å²) in [5, 5.41) is 22.3. The Labute approximate surface area is 215 Å². The van der Waals surface area contributed by atoms with Gasteiger partial charge in [-0.1, -0.05) is 12.1 Å². The molecule has 0 atom stereocenters. The van der Waals surface area contributed by atoms with Gasteiger partial charge in [0.05, 0.1) is 24.8 Å². The van der Waals surface area contributed by atoms with E-state index in [0.717, 1.165) is 5.56 Å². The predicted octanol–water partition coefficient (Wildman–Crippen LogP) is 4.53. The van der Waals surface area contributed by atoms with Crippen molar-refractivity contribution in [1.29, 1.82) is 0 Å². The van der Waals surface area contributed by atoms with E-state index >= 15 is 0 Å². The maximum atomic E-state index is 13.2. The zero-order valence-electron chi connectivity index (χ0n) is 20.2. The van der Waals surface area contributed by atoms with Gasteiger partial charge in [-0.2, -0.15) is 0 Å². The number of nitrogens with one attached hydrogen (secondary N) is 1. The molecule has 10 nitrogen and oxygen atoms in total. The first-order valence-corrected chi connectivity index (χ1v) is 11.4. The van der Waals surface area contributed by atoms with Crippen LogP contribution >= 0.6 is 0 Å². The number of rotatable bonds is 6. The summed E-state index contributed by atoms with van der Waals surface area (Å²) in [6.07, 6.45) is 1.75. The van der Waals surface area contributed by atoms with Crippen LogP contribution in [-0.4, -0.2) is 44.3 Å². The molecule has 0 aliphatic rings. The summed E-state index contributed by atoms with van der Waals surface area (Å²) in [4.78, 5) is 33.0. The Morgan fingerprint density at radius 3 is 2.61 bits per heavy atom. The fourth-order valence-corrected chi connectivity index (χ4v) is 3.96. The monoisotopic (exact) mass is 513 g/mol. The summed E-state index contributed by atoms with van der Waals surface area (Å²) < 4.78 is 23.9. The lowest BCUT2D eigenvalue weighted by molar-refractivity contribution is -0.114. The number of pyridine rings is 2. The number of ether oxygens (including phenoxy) is 1. The lowest BCUT2D eigenvalue weighted by Crippen LogP contribution is -2.08. The molecule has 0 fully saturated rings. The van der Waals surface area contributed by atoms with E-state index in [1.165, 1.54) is 38.4 Å². The van der Waals surface area contributed by atoms with Gasteiger partial charge in [0.1, 0.15) is 11.3 Å². The molecule has 0 radical (unpaired) electrons. The number of nitrogens with zero attached hydrogens (tertiary/aromatic N) is 4. The summed E-state index contributed by atoms with van der Waals surface area (Å²) in [7, 11) is 1.25. The molecule has 0 saturated heterocycles. The van der Waals surface area contributed by atoms with Crippen molar-refractivity contribution in [1.82, 2.24) is 20.2 Å². The van der Waals surface area contributed by atoms with Crippen molar-refractivity contribution in [3.05, 3.63) is 83.6 Å². The number of carbonyl (C=O) groups excluding carboxylic acids is 2. The van der Waals surface area contributed by atoms with Crippen molar-refractivity contribution < 1.29 is 28.2 Å². The van der Waals surface area contributed by atoms with E-state index in [9.17, 15) is 19.1 Å². The van der Waals surface area contributed by atoms with Crippen molar-refractivity contribution in [3.8, 4) is 28.6 Å². The molecule has 3 aromatic heterocycles. The maximum Gasteiger partial charge on any atom is 0.337 e. The molecular formula is C27H20FN5O5. The minimum atomic E-state index is -0.609. The normalized spacial score (nSPS) is 10.9. The average molecular weight is 513 g/mol. The zero-order chi connectivity index (χ0) is 26.8. The molecule has 0 bridgehead atoms. The van der Waals surface area contributed by atoms with Gasteiger partial charge in [-0.05, 0) is 48.0 Å². The molecule has 1 amide bonds. The van der Waals surface area contributed by atoms with E-state index in [4.69, 9.17) is 9.15 Å². The minimum absolute atomic E-state index is 0.0198. The number of anilines is 1. The average Bonchev–Trinajstić information content (AvgIpc) is 3.37. The first kappa shape index (κ1) is 24.5. The van der Waals surface area contributed by atoms with Crippen LogP contribution in [0, 0.1) is 5.82 Å². The molecule has 0 aliphatic heterocycles. The van der Waals surface area contributed by atoms with E-state index in [2.05, 4.69) is 25.5 Å². The van der Waals surface area contributed by atoms with Gasteiger partial charge in [-0.15, -0.1) is 10.2 Å². The number of amides is 1. The predicted molar refractivity (Wildman–Crippen MR) is 135 cm³/mol. The number of benzene rings is 2. The van der Waals surface area contributed by atoms with Crippen LogP contribution in [-0.2, 0) is 16.0 Å². The summed E-state index contributed by atoms with van der Waals surface area (Å²) in [5.41, 5.74) is 2.28. The van der Waals surface area contributed by atoms with Crippen molar-refractivity contribution in [2.75, 3.05) is 12.4 Å². The van der Waals surface area contributed by atoms with Crippen molar-refractivity contribution >= 4 is 28.5 Å². The molecule has 3 heterocycles. The van der Waals surface area contributed by atoms with Gasteiger partial charge in [-0.25, -0.2) is 14.2 Å². The summed E-state index contributed by atoms with van der Waals surface area (Å²) >= 11 is 0. The molecule has 11 heteroatoms. The van der Waals surface area contributed by atoms with Gasteiger partial charge in [-0.3, -0.25) is 9.78 Å². The summed E-state index contributed by atoms with van der Waals surface area (Å²) in [6, 6.07) is 13.9. The Balaban J connectivity index is 1.65. The number of aromatic hydroxyl groups is 1. The second kappa shape index (κ2) is 10.1. The second-order valence-electron chi connectivity index (χ2n) is 8.33. The van der Waals surface area contributed by atoms with Crippen LogP contribution in [0.1, 0.15) is 28.7 Å². The second-order valence-corrected chi connectivity index (χ2v) is 8.33. The van der Waals surface area contributed by atoms with E-state index in [1.807, 2.05) is 0 Å². The van der Waals surface area contributed by atoms with Gasteiger partial charge >= 0.3 is 5.97 Å². The quantitative estimate of drug-likeness (QED) is 0.313. The number of halogens is 1. The van der Waals surface area contributed by atoms with Gasteiger partial charge in [0, 0.05) is 29.8 Å². The van der Waals surface area contributed by atoms with E-state index in [-0.39, 0.29) is 52.5 Å². The van der Waals surface area contributed by atoms with Crippen molar-refractivity contribution in [2.24, 2.45) is 0 Å². The van der Waals surface area contributed by atoms with Crippen LogP contribution in [0.15, 0.2) is 65.2 Å². The van der Waals surface area contributed by atoms with E-state index < -0.39 is 5.97 Å². The first-order valence-electron chi connectivity index (χ1n) is 11.4. The van der Waals surface area contributed by atoms with Crippen LogP contribution < -0.4 is 5.32 Å². The molecule has 0 unspecified atom stereocenters. The van der Waals surface area contributed by atoms with E-state index in [1.54, 1.807) is 36.4 Å². The number of hydrogen-bond acceptors (Lipinski definition) is 9. The smallest absolute Gasteiger partial charge is 0.337 e. The van der Waals surface area contributed by atoms with Crippen LogP contribution in [0.5, 0.6) is 5.75 Å². The molecule has 190 valence electrons. The molecule has 0 saturated carbocycles. The Bertz CT molecular complexity index is 1680. The largest absolute Gasteiger partial charge is 0.504 e. The molecule has 38 heavy (non-hydrogen) atoms. The summed E-state index contributed by atoms with van der Waals surface area (Å²) in [5.74, 6) is -1.39. The Kier molecular flexibility index (Phi) is 6.48. The molecule has 5 rings (SSSR count). The SMILES string of the molecule is COC(=O)c1cc(NC(C)=O)cc(-c2nc(-c3nnc(Cc4ccc(F)cc4)o3)c(O)c3ncccc23)c1. The van der Waals surface area contributed by atoms with Crippen molar-refractivity contribution in [2.45, 2.75) is 13.3 Å². The third-order valence-corrected chi connectivity index (χ3v) is 5.62.